The molecular formula is C11H24ClNO. The molecule has 0 aromatic rings. The molecule has 0 heterocycles. The van der Waals surface area contributed by atoms with Gasteiger partial charge in [0.15, 0.2) is 0 Å². The van der Waals surface area contributed by atoms with Crippen LogP contribution in [0.15, 0.2) is 0 Å². The first-order valence-corrected chi connectivity index (χ1v) is 6.24. The first-order chi connectivity index (χ1) is 6.85. The Morgan fingerprint density at radius 2 is 1.79 bits per heavy atom. The van der Waals surface area contributed by atoms with Gasteiger partial charge in [0.05, 0.1) is 6.61 Å². The molecule has 0 N–H and O–H groups in total. The van der Waals surface area contributed by atoms with Gasteiger partial charge in [0.1, 0.15) is 0 Å². The van der Waals surface area contributed by atoms with Gasteiger partial charge in [-0.05, 0) is 19.4 Å². The molecule has 0 spiro atoms. The normalized spacial score (nSPS) is 11.1. The van der Waals surface area contributed by atoms with Gasteiger partial charge >= 0.3 is 0 Å². The summed E-state index contributed by atoms with van der Waals surface area (Å²) >= 11 is 5.71. The smallest absolute Gasteiger partial charge is 0.0593 e. The fourth-order valence-electron chi connectivity index (χ4n) is 1.31. The molecule has 0 saturated carbocycles. The van der Waals surface area contributed by atoms with E-state index in [1.807, 2.05) is 0 Å². The Bertz CT molecular complexity index is 105. The molecular weight excluding hydrogens is 198 g/mol. The van der Waals surface area contributed by atoms with Crippen molar-refractivity contribution in [3.05, 3.63) is 0 Å². The number of unbranched alkanes of at least 4 members (excludes halogenated alkanes) is 1. The Kier molecular flexibility index (Phi) is 11.5. The second-order valence-corrected chi connectivity index (χ2v) is 3.87. The van der Waals surface area contributed by atoms with E-state index >= 15 is 0 Å². The molecule has 0 atom stereocenters. The maximum absolute atomic E-state index is 5.71. The number of halogens is 1. The molecule has 0 aromatic heterocycles. The molecule has 0 saturated heterocycles. The predicted octanol–water partition coefficient (Wildman–Crippen LogP) is 2.75. The van der Waals surface area contributed by atoms with Crippen molar-refractivity contribution in [2.45, 2.75) is 33.1 Å². The summed E-state index contributed by atoms with van der Waals surface area (Å²) < 4.78 is 5.51. The zero-order valence-corrected chi connectivity index (χ0v) is 10.4. The standard InChI is InChI=1S/C11H24ClNO/c1-3-5-10-14-11-9-13(7-4-2)8-6-12/h3-11H2,1-2H3. The Balaban J connectivity index is 3.30. The summed E-state index contributed by atoms with van der Waals surface area (Å²) in [6.45, 7) is 9.24. The van der Waals surface area contributed by atoms with Crippen LogP contribution in [0.1, 0.15) is 33.1 Å². The molecule has 0 aromatic carbocycles. The lowest BCUT2D eigenvalue weighted by atomic mass is 10.4. The molecule has 0 aliphatic rings. The van der Waals surface area contributed by atoms with Crippen LogP contribution in [0.4, 0.5) is 0 Å². The van der Waals surface area contributed by atoms with Gasteiger partial charge < -0.3 is 4.74 Å². The average Bonchev–Trinajstić information content (AvgIpc) is 2.18. The zero-order chi connectivity index (χ0) is 10.6. The van der Waals surface area contributed by atoms with Crippen molar-refractivity contribution in [1.29, 1.82) is 0 Å². The van der Waals surface area contributed by atoms with E-state index in [0.717, 1.165) is 38.7 Å². The topological polar surface area (TPSA) is 12.5 Å². The second-order valence-electron chi connectivity index (χ2n) is 3.50. The van der Waals surface area contributed by atoms with Crippen molar-refractivity contribution >= 4 is 11.6 Å². The van der Waals surface area contributed by atoms with Crippen molar-refractivity contribution in [2.24, 2.45) is 0 Å². The summed E-state index contributed by atoms with van der Waals surface area (Å²) in [5, 5.41) is 0. The molecule has 14 heavy (non-hydrogen) atoms. The van der Waals surface area contributed by atoms with Gasteiger partial charge in [0, 0.05) is 25.6 Å². The van der Waals surface area contributed by atoms with E-state index in [9.17, 15) is 0 Å². The van der Waals surface area contributed by atoms with E-state index in [-0.39, 0.29) is 0 Å². The van der Waals surface area contributed by atoms with Gasteiger partial charge in [0.25, 0.3) is 0 Å². The summed E-state index contributed by atoms with van der Waals surface area (Å²) in [6.07, 6.45) is 3.56. The van der Waals surface area contributed by atoms with E-state index in [1.54, 1.807) is 0 Å². The molecule has 0 aliphatic carbocycles. The number of rotatable bonds is 10. The van der Waals surface area contributed by atoms with Gasteiger partial charge in [-0.1, -0.05) is 20.3 Å². The highest BCUT2D eigenvalue weighted by Gasteiger charge is 2.01. The monoisotopic (exact) mass is 221 g/mol. The molecule has 0 rings (SSSR count). The third kappa shape index (κ3) is 8.79. The van der Waals surface area contributed by atoms with Crippen LogP contribution in [0.25, 0.3) is 0 Å². The van der Waals surface area contributed by atoms with Crippen LogP contribution in [-0.4, -0.2) is 43.6 Å². The fraction of sp³-hybridized carbons (Fsp3) is 1.00. The maximum Gasteiger partial charge on any atom is 0.0593 e. The number of hydrogen-bond donors (Lipinski definition) is 0. The first kappa shape index (κ1) is 14.2. The summed E-state index contributed by atoms with van der Waals surface area (Å²) in [4.78, 5) is 2.36. The lowest BCUT2D eigenvalue weighted by molar-refractivity contribution is 0.103. The van der Waals surface area contributed by atoms with Gasteiger partial charge in [0.2, 0.25) is 0 Å². The minimum absolute atomic E-state index is 0.717. The molecule has 0 amide bonds. The quantitative estimate of drug-likeness (QED) is 0.416. The number of hydrogen-bond acceptors (Lipinski definition) is 2. The lowest BCUT2D eigenvalue weighted by Gasteiger charge is -2.20. The predicted molar refractivity (Wildman–Crippen MR) is 63.2 cm³/mol. The van der Waals surface area contributed by atoms with Gasteiger partial charge in [-0.25, -0.2) is 0 Å². The van der Waals surface area contributed by atoms with Crippen LogP contribution in [0.5, 0.6) is 0 Å². The van der Waals surface area contributed by atoms with Crippen molar-refractivity contribution in [3.8, 4) is 0 Å². The summed E-state index contributed by atoms with van der Waals surface area (Å²) in [6, 6.07) is 0. The Labute approximate surface area is 93.6 Å². The molecule has 0 unspecified atom stereocenters. The summed E-state index contributed by atoms with van der Waals surface area (Å²) in [5.74, 6) is 0.717. The maximum atomic E-state index is 5.71. The molecule has 0 bridgehead atoms. The van der Waals surface area contributed by atoms with Crippen LogP contribution in [0.3, 0.4) is 0 Å². The van der Waals surface area contributed by atoms with Crippen LogP contribution in [-0.2, 0) is 4.74 Å². The molecule has 3 heteroatoms. The van der Waals surface area contributed by atoms with Crippen molar-refractivity contribution in [2.75, 3.05) is 38.7 Å². The van der Waals surface area contributed by atoms with E-state index < -0.39 is 0 Å². The number of nitrogens with zero attached hydrogens (tertiary/aromatic N) is 1. The van der Waals surface area contributed by atoms with Crippen LogP contribution < -0.4 is 0 Å². The molecule has 2 nitrogen and oxygen atoms in total. The van der Waals surface area contributed by atoms with Crippen molar-refractivity contribution in [1.82, 2.24) is 4.90 Å². The third-order valence-corrected chi connectivity index (χ3v) is 2.30. The van der Waals surface area contributed by atoms with Gasteiger partial charge in [-0.2, -0.15) is 0 Å². The van der Waals surface area contributed by atoms with Crippen molar-refractivity contribution in [3.63, 3.8) is 0 Å². The highest BCUT2D eigenvalue weighted by Crippen LogP contribution is 1.94. The Morgan fingerprint density at radius 3 is 2.36 bits per heavy atom. The van der Waals surface area contributed by atoms with Gasteiger partial charge in [-0.15, -0.1) is 11.6 Å². The van der Waals surface area contributed by atoms with E-state index in [4.69, 9.17) is 16.3 Å². The van der Waals surface area contributed by atoms with E-state index in [1.165, 1.54) is 19.3 Å². The number of ether oxygens (including phenoxy) is 1. The minimum Gasteiger partial charge on any atom is -0.380 e. The summed E-state index contributed by atoms with van der Waals surface area (Å²) in [7, 11) is 0. The fourth-order valence-corrected chi connectivity index (χ4v) is 1.55. The highest BCUT2D eigenvalue weighted by atomic mass is 35.5. The zero-order valence-electron chi connectivity index (χ0n) is 9.60. The second kappa shape index (κ2) is 11.3. The minimum atomic E-state index is 0.717. The van der Waals surface area contributed by atoms with E-state index in [2.05, 4.69) is 18.7 Å². The first-order valence-electron chi connectivity index (χ1n) is 5.71. The Hall–Kier alpha value is 0.210. The van der Waals surface area contributed by atoms with E-state index in [0.29, 0.717) is 0 Å². The van der Waals surface area contributed by atoms with Crippen LogP contribution in [0, 0.1) is 0 Å². The molecule has 0 radical (unpaired) electrons. The third-order valence-electron chi connectivity index (χ3n) is 2.13. The van der Waals surface area contributed by atoms with Crippen LogP contribution >= 0.6 is 11.6 Å². The SMILES string of the molecule is CCCCOCCN(CCC)CCCl. The molecule has 0 fully saturated rings. The van der Waals surface area contributed by atoms with Gasteiger partial charge in [-0.3, -0.25) is 4.90 Å². The Morgan fingerprint density at radius 1 is 1.00 bits per heavy atom. The average molecular weight is 222 g/mol. The lowest BCUT2D eigenvalue weighted by Crippen LogP contribution is -2.30. The molecule has 0 aliphatic heterocycles. The number of alkyl halides is 1. The van der Waals surface area contributed by atoms with Crippen molar-refractivity contribution < 1.29 is 4.74 Å². The highest BCUT2D eigenvalue weighted by molar-refractivity contribution is 6.18. The van der Waals surface area contributed by atoms with Crippen LogP contribution in [0.2, 0.25) is 0 Å². The molecule has 86 valence electrons. The largest absolute Gasteiger partial charge is 0.380 e. The summed E-state index contributed by atoms with van der Waals surface area (Å²) in [5.41, 5.74) is 0.